The molecule has 1 aliphatic heterocycles. The number of carbonyl (C=O) groups excluding carboxylic acids is 1. The zero-order chi connectivity index (χ0) is 25.2. The number of benzene rings is 2. The van der Waals surface area contributed by atoms with Crippen molar-refractivity contribution in [2.45, 2.75) is 69.1 Å². The van der Waals surface area contributed by atoms with Gasteiger partial charge in [0, 0.05) is 31.2 Å². The first-order valence-electron chi connectivity index (χ1n) is 14.0. The van der Waals surface area contributed by atoms with Gasteiger partial charge < -0.3 is 19.9 Å². The first kappa shape index (κ1) is 24.4. The summed E-state index contributed by atoms with van der Waals surface area (Å²) in [5.74, 6) is 0.622. The average molecular weight is 499 g/mol. The Morgan fingerprint density at radius 1 is 1.03 bits per heavy atom. The Kier molecular flexibility index (Phi) is 6.87. The molecule has 37 heavy (non-hydrogen) atoms. The van der Waals surface area contributed by atoms with Gasteiger partial charge in [-0.05, 0) is 37.2 Å². The highest BCUT2D eigenvalue weighted by Gasteiger charge is 2.45. The lowest BCUT2D eigenvalue weighted by atomic mass is 9.76. The van der Waals surface area contributed by atoms with Crippen LogP contribution in [0.15, 0.2) is 67.0 Å². The first-order chi connectivity index (χ1) is 18.1. The van der Waals surface area contributed by atoms with Gasteiger partial charge in [-0.15, -0.1) is 0 Å². The van der Waals surface area contributed by atoms with E-state index in [1.165, 1.54) is 18.4 Å². The van der Waals surface area contributed by atoms with E-state index < -0.39 is 5.60 Å². The molecule has 2 aliphatic carbocycles. The molecule has 3 aliphatic rings. The maximum Gasteiger partial charge on any atom is 0.275 e. The number of nitrogens with zero attached hydrogens (tertiary/aromatic N) is 3. The molecule has 3 atom stereocenters. The molecule has 3 fully saturated rings. The van der Waals surface area contributed by atoms with Gasteiger partial charge in [0.15, 0.2) is 5.69 Å². The number of hydrogen-bond acceptors (Lipinski definition) is 4. The standard InChI is InChI=1S/C31H38N4O2/c36-30(34-18-17-32-21-26(34)19-23-9-3-1-4-10-23)28-29(25-11-5-2-6-12-25)35(22-33-28)27-13-7-8-16-31(27,37)20-24-14-15-24/h1-6,9-12,22,24,26-27,32,37H,7-8,13-21H2/t26-,27+,31+/m1/s1. The van der Waals surface area contributed by atoms with Crippen molar-refractivity contribution in [3.63, 3.8) is 0 Å². The summed E-state index contributed by atoms with van der Waals surface area (Å²) >= 11 is 0. The quantitative estimate of drug-likeness (QED) is 0.488. The molecule has 3 aromatic rings. The van der Waals surface area contributed by atoms with Crippen LogP contribution in [0.4, 0.5) is 0 Å². The predicted octanol–water partition coefficient (Wildman–Crippen LogP) is 4.85. The largest absolute Gasteiger partial charge is 0.388 e. The lowest BCUT2D eigenvalue weighted by Gasteiger charge is -2.42. The topological polar surface area (TPSA) is 70.4 Å². The molecule has 1 saturated heterocycles. The van der Waals surface area contributed by atoms with Crippen molar-refractivity contribution in [2.75, 3.05) is 19.6 Å². The molecule has 194 valence electrons. The van der Waals surface area contributed by atoms with Crippen LogP contribution in [0.25, 0.3) is 11.3 Å². The molecule has 1 amide bonds. The highest BCUT2D eigenvalue weighted by molar-refractivity contribution is 5.98. The fraction of sp³-hybridized carbons (Fsp3) is 0.484. The Labute approximate surface area is 219 Å². The average Bonchev–Trinajstić information content (AvgIpc) is 3.63. The van der Waals surface area contributed by atoms with Gasteiger partial charge in [0.2, 0.25) is 0 Å². The number of amides is 1. The van der Waals surface area contributed by atoms with Crippen LogP contribution in [0.1, 0.15) is 67.0 Å². The highest BCUT2D eigenvalue weighted by atomic mass is 16.3. The molecule has 0 spiro atoms. The molecule has 2 aromatic carbocycles. The lowest BCUT2D eigenvalue weighted by Crippen LogP contribution is -2.54. The Balaban J connectivity index is 1.37. The molecule has 6 heteroatoms. The number of hydrogen-bond donors (Lipinski definition) is 2. The number of aromatic nitrogens is 2. The summed E-state index contributed by atoms with van der Waals surface area (Å²) < 4.78 is 2.15. The minimum absolute atomic E-state index is 0.0124. The van der Waals surface area contributed by atoms with E-state index in [1.807, 2.05) is 35.5 Å². The van der Waals surface area contributed by atoms with Gasteiger partial charge in [0.25, 0.3) is 5.91 Å². The van der Waals surface area contributed by atoms with Crippen molar-refractivity contribution in [1.29, 1.82) is 0 Å². The van der Waals surface area contributed by atoms with Gasteiger partial charge in [0.05, 0.1) is 23.7 Å². The van der Waals surface area contributed by atoms with Gasteiger partial charge in [0.1, 0.15) is 0 Å². The van der Waals surface area contributed by atoms with Crippen molar-refractivity contribution in [3.05, 3.63) is 78.2 Å². The van der Waals surface area contributed by atoms with Crippen LogP contribution in [-0.4, -0.2) is 56.7 Å². The van der Waals surface area contributed by atoms with Gasteiger partial charge in [-0.1, -0.05) is 86.3 Å². The molecule has 2 N–H and O–H groups in total. The molecule has 6 nitrogen and oxygen atoms in total. The maximum absolute atomic E-state index is 14.2. The smallest absolute Gasteiger partial charge is 0.275 e. The van der Waals surface area contributed by atoms with Gasteiger partial charge in [-0.3, -0.25) is 4.79 Å². The Hall–Kier alpha value is -2.96. The summed E-state index contributed by atoms with van der Waals surface area (Å²) in [6.45, 7) is 2.21. The Morgan fingerprint density at radius 2 is 1.78 bits per heavy atom. The fourth-order valence-electron chi connectivity index (χ4n) is 6.53. The normalized spacial score (nSPS) is 26.2. The molecular formula is C31H38N4O2. The van der Waals surface area contributed by atoms with Crippen molar-refractivity contribution >= 4 is 5.91 Å². The molecule has 0 radical (unpaired) electrons. The number of rotatable bonds is 7. The SMILES string of the molecule is O=C(c1ncn([C@H]2CCCC[C@]2(O)CC2CC2)c1-c1ccccc1)N1CCNC[C@H]1Cc1ccccc1. The van der Waals surface area contributed by atoms with Crippen LogP contribution in [0, 0.1) is 5.92 Å². The third-order valence-corrected chi connectivity index (χ3v) is 8.60. The van der Waals surface area contributed by atoms with Crippen LogP contribution < -0.4 is 5.32 Å². The summed E-state index contributed by atoms with van der Waals surface area (Å²) in [7, 11) is 0. The van der Waals surface area contributed by atoms with Crippen LogP contribution >= 0.6 is 0 Å². The van der Waals surface area contributed by atoms with Crippen molar-refractivity contribution in [3.8, 4) is 11.3 Å². The van der Waals surface area contributed by atoms with E-state index in [9.17, 15) is 9.90 Å². The molecular weight excluding hydrogens is 460 g/mol. The maximum atomic E-state index is 14.2. The third kappa shape index (κ3) is 5.10. The molecule has 2 heterocycles. The van der Waals surface area contributed by atoms with Crippen LogP contribution in [0.5, 0.6) is 0 Å². The second-order valence-corrected chi connectivity index (χ2v) is 11.3. The van der Waals surface area contributed by atoms with Crippen molar-refractivity contribution < 1.29 is 9.90 Å². The molecule has 1 aromatic heterocycles. The van der Waals surface area contributed by atoms with E-state index in [4.69, 9.17) is 4.98 Å². The highest BCUT2D eigenvalue weighted by Crippen LogP contribution is 2.48. The Morgan fingerprint density at radius 3 is 2.54 bits per heavy atom. The lowest BCUT2D eigenvalue weighted by molar-refractivity contribution is -0.0518. The second kappa shape index (κ2) is 10.4. The van der Waals surface area contributed by atoms with E-state index in [2.05, 4.69) is 46.3 Å². The molecule has 0 bridgehead atoms. The van der Waals surface area contributed by atoms with Gasteiger partial charge in [-0.25, -0.2) is 4.98 Å². The van der Waals surface area contributed by atoms with Crippen LogP contribution in [0.2, 0.25) is 0 Å². The third-order valence-electron chi connectivity index (χ3n) is 8.60. The minimum atomic E-state index is -0.741. The van der Waals surface area contributed by atoms with E-state index in [0.717, 1.165) is 62.9 Å². The Bertz CT molecular complexity index is 1210. The molecule has 6 rings (SSSR count). The van der Waals surface area contributed by atoms with E-state index in [1.54, 1.807) is 0 Å². The zero-order valence-corrected chi connectivity index (χ0v) is 21.6. The van der Waals surface area contributed by atoms with E-state index >= 15 is 0 Å². The molecule has 2 saturated carbocycles. The summed E-state index contributed by atoms with van der Waals surface area (Å²) in [5.41, 5.74) is 2.83. The number of carbonyl (C=O) groups is 1. The summed E-state index contributed by atoms with van der Waals surface area (Å²) in [6, 6.07) is 20.6. The van der Waals surface area contributed by atoms with E-state index in [0.29, 0.717) is 18.2 Å². The van der Waals surface area contributed by atoms with Crippen LogP contribution in [-0.2, 0) is 6.42 Å². The predicted molar refractivity (Wildman–Crippen MR) is 145 cm³/mol. The fourth-order valence-corrected chi connectivity index (χ4v) is 6.53. The number of aliphatic hydroxyl groups is 1. The number of piperazine rings is 1. The monoisotopic (exact) mass is 498 g/mol. The van der Waals surface area contributed by atoms with Gasteiger partial charge >= 0.3 is 0 Å². The van der Waals surface area contributed by atoms with Gasteiger partial charge in [-0.2, -0.15) is 0 Å². The number of imidazole rings is 1. The summed E-state index contributed by atoms with van der Waals surface area (Å²) in [5, 5.41) is 15.4. The zero-order valence-electron chi connectivity index (χ0n) is 21.6. The number of nitrogens with one attached hydrogen (secondary N) is 1. The van der Waals surface area contributed by atoms with Crippen LogP contribution in [0.3, 0.4) is 0 Å². The first-order valence-corrected chi connectivity index (χ1v) is 14.0. The summed E-state index contributed by atoms with van der Waals surface area (Å²) in [4.78, 5) is 21.0. The van der Waals surface area contributed by atoms with E-state index in [-0.39, 0.29) is 18.0 Å². The van der Waals surface area contributed by atoms with Crippen molar-refractivity contribution in [1.82, 2.24) is 19.8 Å². The molecule has 0 unspecified atom stereocenters. The second-order valence-electron chi connectivity index (χ2n) is 11.3. The minimum Gasteiger partial charge on any atom is -0.388 e. The summed E-state index contributed by atoms with van der Waals surface area (Å²) in [6.07, 6.45) is 9.82. The van der Waals surface area contributed by atoms with Crippen molar-refractivity contribution in [2.24, 2.45) is 5.92 Å².